The first-order valence-corrected chi connectivity index (χ1v) is 6.12. The summed E-state index contributed by atoms with van der Waals surface area (Å²) in [6.45, 7) is 1.01. The van der Waals surface area contributed by atoms with Crippen molar-refractivity contribution in [3.05, 3.63) is 0 Å². The third-order valence-electron chi connectivity index (χ3n) is 3.13. The Hall–Kier alpha value is -0.980. The number of aliphatic imine (C=N–C) groups is 1. The zero-order chi connectivity index (χ0) is 13.6. The highest BCUT2D eigenvalue weighted by Crippen LogP contribution is 2.21. The minimum Gasteiger partial charge on any atom is -0.359 e. The van der Waals surface area contributed by atoms with Crippen molar-refractivity contribution in [3.63, 3.8) is 0 Å². The van der Waals surface area contributed by atoms with Gasteiger partial charge in [-0.3, -0.25) is 9.89 Å². The molecule has 0 saturated carbocycles. The molecule has 1 heterocycles. The van der Waals surface area contributed by atoms with Gasteiger partial charge in [0, 0.05) is 20.6 Å². The Morgan fingerprint density at radius 3 is 2.39 bits per heavy atom. The summed E-state index contributed by atoms with van der Waals surface area (Å²) in [6.07, 6.45) is -2.49. The molecule has 0 amide bonds. The number of piperidine rings is 1. The first-order valence-electron chi connectivity index (χ1n) is 6.12. The highest BCUT2D eigenvalue weighted by molar-refractivity contribution is 5.79. The second-order valence-corrected chi connectivity index (χ2v) is 4.54. The molecule has 0 aromatic rings. The normalized spacial score (nSPS) is 19.9. The fraction of sp³-hybridized carbons (Fsp3) is 0.909. The van der Waals surface area contributed by atoms with Gasteiger partial charge in [0.25, 0.3) is 0 Å². The molecule has 1 aliphatic heterocycles. The van der Waals surface area contributed by atoms with Gasteiger partial charge in [-0.1, -0.05) is 0 Å². The quantitative estimate of drug-likeness (QED) is 0.592. The maximum atomic E-state index is 12.2. The number of rotatable bonds is 3. The standard InChI is InChI=1S/C11H21F3N4/c1-15-10(16-2)17-7-9-3-5-18(6-4-9)8-11(12,13)14/h9H,3-8H2,1-2H3,(H2,15,16,17). The highest BCUT2D eigenvalue weighted by atomic mass is 19.4. The summed E-state index contributed by atoms with van der Waals surface area (Å²) in [7, 11) is 3.46. The monoisotopic (exact) mass is 266 g/mol. The van der Waals surface area contributed by atoms with E-state index < -0.39 is 12.7 Å². The predicted molar refractivity (Wildman–Crippen MR) is 65.6 cm³/mol. The number of likely N-dealkylation sites (tertiary alicyclic amines) is 1. The van der Waals surface area contributed by atoms with Gasteiger partial charge in [0.1, 0.15) is 0 Å². The average Bonchev–Trinajstić information content (AvgIpc) is 2.30. The van der Waals surface area contributed by atoms with Gasteiger partial charge in [0.2, 0.25) is 0 Å². The van der Waals surface area contributed by atoms with Crippen LogP contribution in [-0.2, 0) is 0 Å². The van der Waals surface area contributed by atoms with Crippen LogP contribution in [0.4, 0.5) is 13.2 Å². The van der Waals surface area contributed by atoms with Gasteiger partial charge >= 0.3 is 6.18 Å². The minimum atomic E-state index is -4.08. The lowest BCUT2D eigenvalue weighted by Gasteiger charge is -2.32. The lowest BCUT2D eigenvalue weighted by atomic mass is 9.97. The smallest absolute Gasteiger partial charge is 0.359 e. The Balaban J connectivity index is 2.23. The van der Waals surface area contributed by atoms with Crippen LogP contribution in [0.15, 0.2) is 4.99 Å². The molecule has 0 aliphatic carbocycles. The number of guanidine groups is 1. The molecular weight excluding hydrogens is 245 g/mol. The molecule has 0 aromatic heterocycles. The maximum absolute atomic E-state index is 12.2. The van der Waals surface area contributed by atoms with Crippen molar-refractivity contribution in [1.29, 1.82) is 0 Å². The van der Waals surface area contributed by atoms with Crippen LogP contribution in [0, 0.1) is 5.92 Å². The van der Waals surface area contributed by atoms with E-state index in [1.807, 2.05) is 0 Å². The second kappa shape index (κ2) is 6.82. The Morgan fingerprint density at radius 2 is 1.94 bits per heavy atom. The summed E-state index contributed by atoms with van der Waals surface area (Å²) in [6, 6.07) is 0. The lowest BCUT2D eigenvalue weighted by Crippen LogP contribution is -2.44. The van der Waals surface area contributed by atoms with Gasteiger partial charge in [-0.2, -0.15) is 13.2 Å². The zero-order valence-electron chi connectivity index (χ0n) is 10.8. The Bertz CT molecular complexity index is 270. The summed E-state index contributed by atoms with van der Waals surface area (Å²) in [5.74, 6) is 1.13. The maximum Gasteiger partial charge on any atom is 0.401 e. The molecule has 18 heavy (non-hydrogen) atoms. The Morgan fingerprint density at radius 1 is 1.33 bits per heavy atom. The van der Waals surface area contributed by atoms with Crippen molar-refractivity contribution >= 4 is 5.96 Å². The topological polar surface area (TPSA) is 39.7 Å². The molecule has 4 nitrogen and oxygen atoms in total. The second-order valence-electron chi connectivity index (χ2n) is 4.54. The van der Waals surface area contributed by atoms with Crippen LogP contribution in [0.1, 0.15) is 12.8 Å². The van der Waals surface area contributed by atoms with Crippen molar-refractivity contribution in [2.45, 2.75) is 19.0 Å². The molecule has 0 bridgehead atoms. The van der Waals surface area contributed by atoms with Crippen LogP contribution in [-0.4, -0.2) is 57.3 Å². The van der Waals surface area contributed by atoms with Gasteiger partial charge in [0.05, 0.1) is 6.54 Å². The van der Waals surface area contributed by atoms with E-state index in [0.717, 1.165) is 19.4 Å². The van der Waals surface area contributed by atoms with Crippen LogP contribution >= 0.6 is 0 Å². The molecule has 1 fully saturated rings. The van der Waals surface area contributed by atoms with Crippen molar-refractivity contribution in [2.75, 3.05) is 40.3 Å². The van der Waals surface area contributed by atoms with E-state index in [4.69, 9.17) is 0 Å². The highest BCUT2D eigenvalue weighted by Gasteiger charge is 2.32. The van der Waals surface area contributed by atoms with Crippen LogP contribution < -0.4 is 10.6 Å². The van der Waals surface area contributed by atoms with Crippen LogP contribution in [0.2, 0.25) is 0 Å². The van der Waals surface area contributed by atoms with Crippen LogP contribution in [0.3, 0.4) is 0 Å². The van der Waals surface area contributed by atoms with Crippen molar-refractivity contribution in [1.82, 2.24) is 15.5 Å². The van der Waals surface area contributed by atoms with E-state index in [-0.39, 0.29) is 0 Å². The summed E-state index contributed by atoms with van der Waals surface area (Å²) < 4.78 is 36.6. The number of nitrogens with zero attached hydrogens (tertiary/aromatic N) is 2. The minimum absolute atomic E-state index is 0.416. The summed E-state index contributed by atoms with van der Waals surface area (Å²) in [5.41, 5.74) is 0. The number of hydrogen-bond donors (Lipinski definition) is 2. The molecule has 0 atom stereocenters. The molecular formula is C11H21F3N4. The molecule has 106 valence electrons. The van der Waals surface area contributed by atoms with Gasteiger partial charge in [-0.15, -0.1) is 0 Å². The van der Waals surface area contributed by atoms with E-state index in [1.54, 1.807) is 14.1 Å². The molecule has 0 radical (unpaired) electrons. The third-order valence-corrected chi connectivity index (χ3v) is 3.13. The molecule has 2 N–H and O–H groups in total. The van der Waals surface area contributed by atoms with E-state index in [0.29, 0.717) is 25.0 Å². The van der Waals surface area contributed by atoms with Crippen LogP contribution in [0.25, 0.3) is 0 Å². The largest absolute Gasteiger partial charge is 0.401 e. The van der Waals surface area contributed by atoms with Gasteiger partial charge in [0.15, 0.2) is 5.96 Å². The molecule has 0 aromatic carbocycles. The number of halogens is 3. The van der Waals surface area contributed by atoms with E-state index in [9.17, 15) is 13.2 Å². The van der Waals surface area contributed by atoms with Gasteiger partial charge < -0.3 is 10.6 Å². The summed E-state index contributed by atoms with van der Waals surface area (Å²) in [5, 5.41) is 6.06. The van der Waals surface area contributed by atoms with E-state index in [1.165, 1.54) is 4.90 Å². The van der Waals surface area contributed by atoms with Gasteiger partial charge in [-0.25, -0.2) is 0 Å². The number of nitrogens with one attached hydrogen (secondary N) is 2. The molecule has 1 rings (SSSR count). The fourth-order valence-corrected chi connectivity index (χ4v) is 2.12. The van der Waals surface area contributed by atoms with Crippen molar-refractivity contribution in [3.8, 4) is 0 Å². The fourth-order valence-electron chi connectivity index (χ4n) is 2.12. The molecule has 1 saturated heterocycles. The molecule has 0 spiro atoms. The number of alkyl halides is 3. The van der Waals surface area contributed by atoms with Crippen molar-refractivity contribution < 1.29 is 13.2 Å². The van der Waals surface area contributed by atoms with Crippen LogP contribution in [0.5, 0.6) is 0 Å². The average molecular weight is 266 g/mol. The number of hydrogen-bond acceptors (Lipinski definition) is 2. The zero-order valence-corrected chi connectivity index (χ0v) is 10.8. The Kier molecular flexibility index (Phi) is 5.71. The van der Waals surface area contributed by atoms with Crippen molar-refractivity contribution in [2.24, 2.45) is 10.9 Å². The predicted octanol–water partition coefficient (Wildman–Crippen LogP) is 1.06. The van der Waals surface area contributed by atoms with E-state index >= 15 is 0 Å². The lowest BCUT2D eigenvalue weighted by molar-refractivity contribution is -0.148. The summed E-state index contributed by atoms with van der Waals surface area (Å²) >= 11 is 0. The molecule has 0 unspecified atom stereocenters. The molecule has 7 heteroatoms. The SMILES string of the molecule is CN=C(NC)NCC1CCN(CC(F)(F)F)CC1. The first kappa shape index (κ1) is 15.1. The van der Waals surface area contributed by atoms with E-state index in [2.05, 4.69) is 15.6 Å². The Labute approximate surface area is 106 Å². The van der Waals surface area contributed by atoms with Gasteiger partial charge in [-0.05, 0) is 31.8 Å². The molecule has 1 aliphatic rings. The first-order chi connectivity index (χ1) is 8.44. The summed E-state index contributed by atoms with van der Waals surface area (Å²) in [4.78, 5) is 5.47. The third kappa shape index (κ3) is 5.57.